The molecule has 0 atom stereocenters. The number of anilines is 1. The van der Waals surface area contributed by atoms with Gasteiger partial charge in [-0.05, 0) is 25.1 Å². The zero-order valence-corrected chi connectivity index (χ0v) is 12.4. The van der Waals surface area contributed by atoms with Gasteiger partial charge >= 0.3 is 0 Å². The Hall–Kier alpha value is -2.89. The van der Waals surface area contributed by atoms with Crippen molar-refractivity contribution in [3.8, 4) is 0 Å². The predicted octanol–water partition coefficient (Wildman–Crippen LogP) is 2.50. The largest absolute Gasteiger partial charge is 0.459 e. The van der Waals surface area contributed by atoms with Gasteiger partial charge in [0.05, 0.1) is 6.54 Å². The van der Waals surface area contributed by atoms with E-state index in [9.17, 15) is 4.79 Å². The van der Waals surface area contributed by atoms with Gasteiger partial charge in [-0.15, -0.1) is 10.2 Å². The van der Waals surface area contributed by atoms with Crippen molar-refractivity contribution in [3.05, 3.63) is 53.4 Å². The van der Waals surface area contributed by atoms with Gasteiger partial charge < -0.3 is 15.1 Å². The number of nitrogens with zero attached hydrogens (tertiary/aromatic N) is 2. The molecule has 1 aromatic carbocycles. The van der Waals surface area contributed by atoms with Crippen LogP contribution in [-0.4, -0.2) is 23.2 Å². The van der Waals surface area contributed by atoms with Gasteiger partial charge in [0.2, 0.25) is 0 Å². The van der Waals surface area contributed by atoms with Gasteiger partial charge in [-0.3, -0.25) is 4.79 Å². The lowest BCUT2D eigenvalue weighted by Crippen LogP contribution is -2.19. The zero-order chi connectivity index (χ0) is 15.5. The van der Waals surface area contributed by atoms with Gasteiger partial charge in [0.1, 0.15) is 17.2 Å². The second-order valence-electron chi connectivity index (χ2n) is 4.88. The number of para-hydroxylation sites is 1. The van der Waals surface area contributed by atoms with E-state index in [1.165, 1.54) is 0 Å². The highest BCUT2D eigenvalue weighted by Crippen LogP contribution is 2.25. The monoisotopic (exact) mass is 296 g/mol. The summed E-state index contributed by atoms with van der Waals surface area (Å²) in [6, 6.07) is 11.3. The number of hydrogen-bond acceptors (Lipinski definition) is 5. The summed E-state index contributed by atoms with van der Waals surface area (Å²) in [5.74, 6) is 1.19. The lowest BCUT2D eigenvalue weighted by molar-refractivity contribution is 0.0957. The zero-order valence-electron chi connectivity index (χ0n) is 12.4. The molecule has 3 rings (SSSR count). The molecular formula is C16H16N4O2. The highest BCUT2D eigenvalue weighted by Gasteiger charge is 2.10. The van der Waals surface area contributed by atoms with E-state index in [0.29, 0.717) is 12.4 Å². The van der Waals surface area contributed by atoms with Crippen molar-refractivity contribution in [2.45, 2.75) is 13.5 Å². The molecule has 6 nitrogen and oxygen atoms in total. The third kappa shape index (κ3) is 2.63. The second-order valence-corrected chi connectivity index (χ2v) is 4.88. The van der Waals surface area contributed by atoms with Crippen molar-refractivity contribution in [2.75, 3.05) is 12.4 Å². The molecule has 0 aliphatic rings. The van der Waals surface area contributed by atoms with Crippen LogP contribution in [-0.2, 0) is 6.54 Å². The third-order valence-electron chi connectivity index (χ3n) is 3.50. The fraction of sp³-hybridized carbons (Fsp3) is 0.188. The molecule has 0 bridgehead atoms. The van der Waals surface area contributed by atoms with Gasteiger partial charge in [-0.1, -0.05) is 18.2 Å². The maximum Gasteiger partial charge on any atom is 0.271 e. The number of rotatable bonds is 4. The van der Waals surface area contributed by atoms with E-state index in [1.807, 2.05) is 31.2 Å². The number of carbonyl (C=O) groups excluding carboxylic acids is 1. The lowest BCUT2D eigenvalue weighted by atomic mass is 10.1. The molecule has 6 heteroatoms. The van der Waals surface area contributed by atoms with E-state index in [0.717, 1.165) is 22.3 Å². The molecule has 112 valence electrons. The summed E-state index contributed by atoms with van der Waals surface area (Å²) in [6.45, 7) is 2.54. The van der Waals surface area contributed by atoms with Crippen LogP contribution in [0.1, 0.15) is 21.8 Å². The van der Waals surface area contributed by atoms with Crippen molar-refractivity contribution >= 4 is 22.7 Å². The fourth-order valence-electron chi connectivity index (χ4n) is 2.24. The molecule has 22 heavy (non-hydrogen) atoms. The number of benzene rings is 1. The van der Waals surface area contributed by atoms with Crippen molar-refractivity contribution in [1.82, 2.24) is 15.5 Å². The van der Waals surface area contributed by atoms with Crippen LogP contribution in [0.15, 0.2) is 40.8 Å². The van der Waals surface area contributed by atoms with Crippen LogP contribution in [0.5, 0.6) is 0 Å². The Kier molecular flexibility index (Phi) is 3.74. The first kappa shape index (κ1) is 14.1. The minimum absolute atomic E-state index is 0.257. The Morgan fingerprint density at radius 2 is 2.00 bits per heavy atom. The molecule has 0 radical (unpaired) electrons. The SMILES string of the molecule is CNC(=O)c1ccc(NCc2oc3ccccc3c2C)nn1. The van der Waals surface area contributed by atoms with Crippen molar-refractivity contribution in [1.29, 1.82) is 0 Å². The minimum atomic E-state index is -0.257. The predicted molar refractivity (Wildman–Crippen MR) is 83.7 cm³/mol. The van der Waals surface area contributed by atoms with Crippen LogP contribution in [0.25, 0.3) is 11.0 Å². The topological polar surface area (TPSA) is 80.0 Å². The van der Waals surface area contributed by atoms with Gasteiger partial charge in [0, 0.05) is 18.0 Å². The number of furan rings is 1. The second kappa shape index (κ2) is 5.85. The molecule has 0 aliphatic heterocycles. The molecule has 0 saturated heterocycles. The lowest BCUT2D eigenvalue weighted by Gasteiger charge is -2.04. The maximum absolute atomic E-state index is 11.4. The van der Waals surface area contributed by atoms with E-state index >= 15 is 0 Å². The Morgan fingerprint density at radius 3 is 2.68 bits per heavy atom. The van der Waals surface area contributed by atoms with Gasteiger partial charge in [0.15, 0.2) is 5.69 Å². The van der Waals surface area contributed by atoms with Crippen LogP contribution in [0.3, 0.4) is 0 Å². The normalized spacial score (nSPS) is 10.6. The Balaban J connectivity index is 1.74. The van der Waals surface area contributed by atoms with Crippen molar-refractivity contribution < 1.29 is 9.21 Å². The number of carbonyl (C=O) groups is 1. The van der Waals surface area contributed by atoms with Crippen molar-refractivity contribution in [2.24, 2.45) is 0 Å². The van der Waals surface area contributed by atoms with Crippen LogP contribution in [0.2, 0.25) is 0 Å². The first-order chi connectivity index (χ1) is 10.7. The molecule has 0 saturated carbocycles. The summed E-state index contributed by atoms with van der Waals surface area (Å²) in [7, 11) is 1.56. The van der Waals surface area contributed by atoms with Gasteiger partial charge in [-0.2, -0.15) is 0 Å². The summed E-state index contributed by atoms with van der Waals surface area (Å²) >= 11 is 0. The highest BCUT2D eigenvalue weighted by molar-refractivity contribution is 5.91. The van der Waals surface area contributed by atoms with E-state index in [1.54, 1.807) is 19.2 Å². The van der Waals surface area contributed by atoms with Crippen LogP contribution in [0.4, 0.5) is 5.82 Å². The van der Waals surface area contributed by atoms with Crippen LogP contribution >= 0.6 is 0 Å². The Bertz CT molecular complexity index is 809. The van der Waals surface area contributed by atoms with E-state index < -0.39 is 0 Å². The standard InChI is InChI=1S/C16H16N4O2/c1-10-11-5-3-4-6-13(11)22-14(10)9-18-15-8-7-12(19-20-15)16(21)17-2/h3-8H,9H2,1-2H3,(H,17,21)(H,18,20). The van der Waals surface area contributed by atoms with Crippen LogP contribution in [0, 0.1) is 6.92 Å². The molecular weight excluding hydrogens is 280 g/mol. The molecule has 0 aliphatic carbocycles. The van der Waals surface area contributed by atoms with E-state index in [4.69, 9.17) is 4.42 Å². The van der Waals surface area contributed by atoms with Gasteiger partial charge in [-0.25, -0.2) is 0 Å². The molecule has 0 unspecified atom stereocenters. The van der Waals surface area contributed by atoms with Gasteiger partial charge in [0.25, 0.3) is 5.91 Å². The molecule has 1 amide bonds. The summed E-state index contributed by atoms with van der Waals surface area (Å²) in [5, 5.41) is 14.6. The smallest absolute Gasteiger partial charge is 0.271 e. The first-order valence-electron chi connectivity index (χ1n) is 6.95. The Morgan fingerprint density at radius 1 is 1.18 bits per heavy atom. The minimum Gasteiger partial charge on any atom is -0.459 e. The first-order valence-corrected chi connectivity index (χ1v) is 6.95. The average Bonchev–Trinajstić information content (AvgIpc) is 2.89. The number of fused-ring (bicyclic) bond motifs is 1. The van der Waals surface area contributed by atoms with E-state index in [2.05, 4.69) is 20.8 Å². The Labute approximate surface area is 127 Å². The number of hydrogen-bond donors (Lipinski definition) is 2. The highest BCUT2D eigenvalue weighted by atomic mass is 16.3. The number of amides is 1. The summed E-state index contributed by atoms with van der Waals surface area (Å²) in [6.07, 6.45) is 0. The quantitative estimate of drug-likeness (QED) is 0.773. The maximum atomic E-state index is 11.4. The summed E-state index contributed by atoms with van der Waals surface area (Å²) in [5.41, 5.74) is 2.27. The number of aryl methyl sites for hydroxylation is 1. The summed E-state index contributed by atoms with van der Waals surface area (Å²) in [4.78, 5) is 11.4. The molecule has 2 N–H and O–H groups in total. The number of aromatic nitrogens is 2. The molecule has 3 aromatic rings. The van der Waals surface area contributed by atoms with Crippen molar-refractivity contribution in [3.63, 3.8) is 0 Å². The molecule has 2 aromatic heterocycles. The fourth-order valence-corrected chi connectivity index (χ4v) is 2.24. The molecule has 0 spiro atoms. The summed E-state index contributed by atoms with van der Waals surface area (Å²) < 4.78 is 5.83. The third-order valence-corrected chi connectivity index (χ3v) is 3.50. The number of nitrogens with one attached hydrogen (secondary N) is 2. The van der Waals surface area contributed by atoms with Crippen LogP contribution < -0.4 is 10.6 Å². The molecule has 2 heterocycles. The average molecular weight is 296 g/mol. The van der Waals surface area contributed by atoms with E-state index in [-0.39, 0.29) is 11.6 Å². The molecule has 0 fully saturated rings.